The molecular formula is C22H19N3O3S. The van der Waals surface area contributed by atoms with E-state index in [0.29, 0.717) is 12.0 Å². The highest BCUT2D eigenvalue weighted by Gasteiger charge is 2.17. The molecular weight excluding hydrogens is 386 g/mol. The van der Waals surface area contributed by atoms with E-state index in [9.17, 15) is 13.2 Å². The molecule has 0 aliphatic heterocycles. The van der Waals surface area contributed by atoms with Crippen molar-refractivity contribution in [1.82, 2.24) is 9.55 Å². The van der Waals surface area contributed by atoms with Crippen LogP contribution in [0.4, 0.5) is 0 Å². The number of aromatic nitrogens is 2. The molecule has 0 saturated heterocycles. The van der Waals surface area contributed by atoms with Gasteiger partial charge in [-0.25, -0.2) is 18.5 Å². The van der Waals surface area contributed by atoms with Gasteiger partial charge in [-0.05, 0) is 29.8 Å². The van der Waals surface area contributed by atoms with Crippen LogP contribution in [0.2, 0.25) is 0 Å². The number of hydrogen-bond acceptors (Lipinski definition) is 4. The fourth-order valence-corrected chi connectivity index (χ4v) is 3.86. The molecule has 4 aromatic rings. The highest BCUT2D eigenvalue weighted by molar-refractivity contribution is 7.89. The molecule has 2 N–H and O–H groups in total. The Labute approximate surface area is 168 Å². The Morgan fingerprint density at radius 3 is 2.41 bits per heavy atom. The number of Topliss-reactive ketones (excluding diaryl/α,β-unsaturated/α-hetero) is 1. The van der Waals surface area contributed by atoms with Crippen LogP contribution in [0.5, 0.6) is 0 Å². The number of para-hydroxylation sites is 2. The van der Waals surface area contributed by atoms with E-state index in [1.165, 1.54) is 18.2 Å². The Hall–Kier alpha value is -3.29. The molecule has 7 heteroatoms. The second-order valence-corrected chi connectivity index (χ2v) is 8.32. The largest absolute Gasteiger partial charge is 0.320 e. The minimum Gasteiger partial charge on any atom is -0.320 e. The zero-order valence-corrected chi connectivity index (χ0v) is 16.3. The zero-order chi connectivity index (χ0) is 20.4. The standard InChI is InChI=1S/C22H19N3O3S/c23-29(27,28)18-10-6-9-17(14-18)21(26)15-25-20-12-5-4-11-19(20)24-22(25)13-16-7-2-1-3-8-16/h1-12,14H,13,15H2,(H2,23,27,28). The van der Waals surface area contributed by atoms with Crippen molar-refractivity contribution < 1.29 is 13.2 Å². The molecule has 1 heterocycles. The van der Waals surface area contributed by atoms with E-state index < -0.39 is 10.0 Å². The van der Waals surface area contributed by atoms with Crippen LogP contribution in [0.25, 0.3) is 11.0 Å². The van der Waals surface area contributed by atoms with Crippen molar-refractivity contribution in [3.63, 3.8) is 0 Å². The molecule has 0 spiro atoms. The molecule has 0 atom stereocenters. The summed E-state index contributed by atoms with van der Waals surface area (Å²) >= 11 is 0. The lowest BCUT2D eigenvalue weighted by atomic mass is 10.1. The summed E-state index contributed by atoms with van der Waals surface area (Å²) in [5, 5.41) is 5.19. The average molecular weight is 405 g/mol. The molecule has 0 radical (unpaired) electrons. The van der Waals surface area contributed by atoms with Crippen molar-refractivity contribution in [2.75, 3.05) is 0 Å². The van der Waals surface area contributed by atoms with Gasteiger partial charge in [-0.2, -0.15) is 0 Å². The second-order valence-electron chi connectivity index (χ2n) is 6.76. The average Bonchev–Trinajstić information content (AvgIpc) is 3.05. The van der Waals surface area contributed by atoms with Crippen molar-refractivity contribution in [3.8, 4) is 0 Å². The Balaban J connectivity index is 1.72. The van der Waals surface area contributed by atoms with Crippen LogP contribution in [0, 0.1) is 0 Å². The highest BCUT2D eigenvalue weighted by atomic mass is 32.2. The number of imidazole rings is 1. The van der Waals surface area contributed by atoms with Crippen molar-refractivity contribution in [1.29, 1.82) is 0 Å². The maximum atomic E-state index is 13.0. The number of ketones is 1. The summed E-state index contributed by atoms with van der Waals surface area (Å²) in [4.78, 5) is 17.6. The summed E-state index contributed by atoms with van der Waals surface area (Å²) in [6.07, 6.45) is 0.583. The summed E-state index contributed by atoms with van der Waals surface area (Å²) in [7, 11) is -3.88. The monoisotopic (exact) mass is 405 g/mol. The summed E-state index contributed by atoms with van der Waals surface area (Å²) in [6, 6.07) is 23.3. The molecule has 146 valence electrons. The van der Waals surface area contributed by atoms with Crippen LogP contribution in [-0.4, -0.2) is 23.8 Å². The van der Waals surface area contributed by atoms with Gasteiger partial charge in [0.15, 0.2) is 5.78 Å². The number of sulfonamides is 1. The Morgan fingerprint density at radius 2 is 1.66 bits per heavy atom. The maximum absolute atomic E-state index is 13.0. The predicted molar refractivity (Wildman–Crippen MR) is 111 cm³/mol. The third kappa shape index (κ3) is 4.11. The van der Waals surface area contributed by atoms with Crippen LogP contribution >= 0.6 is 0 Å². The van der Waals surface area contributed by atoms with Crippen LogP contribution in [0.1, 0.15) is 21.7 Å². The first-order valence-electron chi connectivity index (χ1n) is 9.06. The third-order valence-electron chi connectivity index (χ3n) is 4.72. The van der Waals surface area contributed by atoms with Gasteiger partial charge in [0, 0.05) is 12.0 Å². The minimum atomic E-state index is -3.88. The molecule has 0 amide bonds. The van der Waals surface area contributed by atoms with Gasteiger partial charge in [-0.1, -0.05) is 54.6 Å². The number of carbonyl (C=O) groups excluding carboxylic acids is 1. The molecule has 29 heavy (non-hydrogen) atoms. The van der Waals surface area contributed by atoms with E-state index in [1.807, 2.05) is 59.2 Å². The zero-order valence-electron chi connectivity index (χ0n) is 15.5. The lowest BCUT2D eigenvalue weighted by Crippen LogP contribution is -2.16. The number of nitrogens with zero attached hydrogens (tertiary/aromatic N) is 2. The number of benzene rings is 3. The molecule has 0 aliphatic rings. The molecule has 1 aromatic heterocycles. The van der Waals surface area contributed by atoms with Crippen LogP contribution < -0.4 is 5.14 Å². The van der Waals surface area contributed by atoms with E-state index in [0.717, 1.165) is 22.4 Å². The van der Waals surface area contributed by atoms with Gasteiger partial charge in [0.25, 0.3) is 0 Å². The Morgan fingerprint density at radius 1 is 0.931 bits per heavy atom. The lowest BCUT2D eigenvalue weighted by molar-refractivity contribution is 0.0972. The van der Waals surface area contributed by atoms with Crippen LogP contribution in [0.15, 0.2) is 83.8 Å². The normalized spacial score (nSPS) is 11.6. The summed E-state index contributed by atoms with van der Waals surface area (Å²) < 4.78 is 25.1. The number of primary sulfonamides is 1. The molecule has 0 aliphatic carbocycles. The smallest absolute Gasteiger partial charge is 0.238 e. The van der Waals surface area contributed by atoms with E-state index in [2.05, 4.69) is 0 Å². The molecule has 3 aromatic carbocycles. The third-order valence-corrected chi connectivity index (χ3v) is 5.64. The summed E-state index contributed by atoms with van der Waals surface area (Å²) in [6.45, 7) is 0.0523. The Kier molecular flexibility index (Phi) is 5.00. The van der Waals surface area contributed by atoms with Crippen molar-refractivity contribution in [2.24, 2.45) is 5.14 Å². The van der Waals surface area contributed by atoms with Crippen molar-refractivity contribution in [2.45, 2.75) is 17.9 Å². The fourth-order valence-electron chi connectivity index (χ4n) is 3.30. The van der Waals surface area contributed by atoms with Crippen molar-refractivity contribution in [3.05, 3.63) is 95.8 Å². The van der Waals surface area contributed by atoms with Gasteiger partial charge in [-0.15, -0.1) is 0 Å². The second kappa shape index (κ2) is 7.62. The molecule has 0 bridgehead atoms. The van der Waals surface area contributed by atoms with E-state index in [-0.39, 0.29) is 17.2 Å². The van der Waals surface area contributed by atoms with Gasteiger partial charge in [0.2, 0.25) is 10.0 Å². The van der Waals surface area contributed by atoms with E-state index >= 15 is 0 Å². The molecule has 0 unspecified atom stereocenters. The topological polar surface area (TPSA) is 95.0 Å². The molecule has 0 fully saturated rings. The molecule has 0 saturated carbocycles. The molecule has 4 rings (SSSR count). The number of fused-ring (bicyclic) bond motifs is 1. The minimum absolute atomic E-state index is 0.0523. The molecule has 6 nitrogen and oxygen atoms in total. The first kappa shape index (κ1) is 19.0. The highest BCUT2D eigenvalue weighted by Crippen LogP contribution is 2.20. The predicted octanol–water partition coefficient (Wildman–Crippen LogP) is 3.16. The number of hydrogen-bond donors (Lipinski definition) is 1. The van der Waals surface area contributed by atoms with Gasteiger partial charge < -0.3 is 4.57 Å². The summed E-state index contributed by atoms with van der Waals surface area (Å²) in [5.74, 6) is 0.557. The fraction of sp³-hybridized carbons (Fsp3) is 0.0909. The lowest BCUT2D eigenvalue weighted by Gasteiger charge is -2.10. The van der Waals surface area contributed by atoms with Gasteiger partial charge in [-0.3, -0.25) is 4.79 Å². The first-order valence-corrected chi connectivity index (χ1v) is 10.6. The van der Waals surface area contributed by atoms with Crippen LogP contribution in [0.3, 0.4) is 0 Å². The maximum Gasteiger partial charge on any atom is 0.238 e. The van der Waals surface area contributed by atoms with Crippen LogP contribution in [-0.2, 0) is 23.0 Å². The summed E-state index contributed by atoms with van der Waals surface area (Å²) in [5.41, 5.74) is 3.05. The van der Waals surface area contributed by atoms with E-state index in [4.69, 9.17) is 10.1 Å². The van der Waals surface area contributed by atoms with E-state index in [1.54, 1.807) is 6.07 Å². The quantitative estimate of drug-likeness (QED) is 0.499. The van der Waals surface area contributed by atoms with Gasteiger partial charge in [0.05, 0.1) is 22.5 Å². The van der Waals surface area contributed by atoms with Gasteiger partial charge in [0.1, 0.15) is 5.82 Å². The number of carbonyl (C=O) groups is 1. The van der Waals surface area contributed by atoms with Crippen molar-refractivity contribution >= 4 is 26.8 Å². The Bertz CT molecular complexity index is 1300. The first-order chi connectivity index (χ1) is 13.9. The van der Waals surface area contributed by atoms with Gasteiger partial charge >= 0.3 is 0 Å². The SMILES string of the molecule is NS(=O)(=O)c1cccc(C(=O)Cn2c(Cc3ccccc3)nc3ccccc32)c1. The number of rotatable bonds is 6. The number of nitrogens with two attached hydrogens (primary N) is 1.